The summed E-state index contributed by atoms with van der Waals surface area (Å²) in [5, 5.41) is 2.58. The Morgan fingerprint density at radius 2 is 2.06 bits per heavy atom. The van der Waals surface area contributed by atoms with Crippen molar-refractivity contribution in [1.29, 1.82) is 0 Å². The maximum absolute atomic E-state index is 11.7. The molecule has 2 aromatic heterocycles. The smallest absolute Gasteiger partial charge is 0.261 e. The largest absolute Gasteiger partial charge is 0.452 e. The van der Waals surface area contributed by atoms with Crippen molar-refractivity contribution in [2.24, 2.45) is 0 Å². The summed E-state index contributed by atoms with van der Waals surface area (Å²) >= 11 is 11.4. The van der Waals surface area contributed by atoms with Gasteiger partial charge in [-0.15, -0.1) is 0 Å². The molecule has 16 heavy (non-hydrogen) atoms. The molecule has 0 radical (unpaired) electrons. The normalized spacial score (nSPS) is 10.1. The van der Waals surface area contributed by atoms with Crippen molar-refractivity contribution < 1.29 is 9.21 Å². The molecular weight excluding hydrogens is 253 g/mol. The maximum Gasteiger partial charge on any atom is 0.261 e. The van der Waals surface area contributed by atoms with Crippen LogP contribution in [0.3, 0.4) is 0 Å². The fourth-order valence-electron chi connectivity index (χ4n) is 1.04. The van der Waals surface area contributed by atoms with Crippen LogP contribution in [0.1, 0.15) is 10.4 Å². The van der Waals surface area contributed by atoms with E-state index in [1.54, 1.807) is 0 Å². The van der Waals surface area contributed by atoms with Crippen LogP contribution < -0.4 is 5.32 Å². The van der Waals surface area contributed by atoms with E-state index in [1.807, 2.05) is 0 Å². The number of hydrogen-bond donors (Lipinski definition) is 1. The van der Waals surface area contributed by atoms with Gasteiger partial charge in [0.1, 0.15) is 0 Å². The van der Waals surface area contributed by atoms with Gasteiger partial charge in [0.05, 0.1) is 11.8 Å². The van der Waals surface area contributed by atoms with Crippen LogP contribution in [0.4, 0.5) is 5.82 Å². The molecule has 0 spiro atoms. The highest BCUT2D eigenvalue weighted by Gasteiger charge is 2.15. The molecule has 1 amide bonds. The summed E-state index contributed by atoms with van der Waals surface area (Å²) in [4.78, 5) is 19.3. The molecule has 0 atom stereocenters. The summed E-state index contributed by atoms with van der Waals surface area (Å²) in [6.45, 7) is 0. The number of furan rings is 1. The van der Waals surface area contributed by atoms with Crippen LogP contribution in [0.2, 0.25) is 10.4 Å². The van der Waals surface area contributed by atoms with Gasteiger partial charge in [0.2, 0.25) is 5.22 Å². The van der Waals surface area contributed by atoms with Gasteiger partial charge in [0.25, 0.3) is 5.91 Å². The lowest BCUT2D eigenvalue weighted by molar-refractivity contribution is 0.102. The first-order chi connectivity index (χ1) is 7.68. The van der Waals surface area contributed by atoms with E-state index in [2.05, 4.69) is 15.3 Å². The summed E-state index contributed by atoms with van der Waals surface area (Å²) in [6.07, 6.45) is 4.15. The third kappa shape index (κ3) is 2.15. The molecule has 5 nitrogen and oxygen atoms in total. The highest BCUT2D eigenvalue weighted by molar-refractivity contribution is 6.34. The quantitative estimate of drug-likeness (QED) is 0.898. The molecular formula is C9H5Cl2N3O2. The van der Waals surface area contributed by atoms with Gasteiger partial charge in [0, 0.05) is 12.4 Å². The Bertz CT molecular complexity index is 527. The average molecular weight is 258 g/mol. The molecule has 2 aromatic rings. The first-order valence-corrected chi connectivity index (χ1v) is 4.95. The van der Waals surface area contributed by atoms with Gasteiger partial charge in [-0.3, -0.25) is 4.79 Å². The molecule has 0 saturated heterocycles. The van der Waals surface area contributed by atoms with E-state index in [0.717, 1.165) is 0 Å². The molecule has 82 valence electrons. The van der Waals surface area contributed by atoms with E-state index in [-0.39, 0.29) is 21.8 Å². The van der Waals surface area contributed by atoms with Gasteiger partial charge >= 0.3 is 0 Å². The van der Waals surface area contributed by atoms with Crippen LogP contribution in [-0.4, -0.2) is 15.9 Å². The maximum atomic E-state index is 11.7. The van der Waals surface area contributed by atoms with Crippen molar-refractivity contribution in [2.45, 2.75) is 0 Å². The summed E-state index contributed by atoms with van der Waals surface area (Å²) < 4.78 is 4.79. The molecule has 0 unspecified atom stereocenters. The fourth-order valence-corrected chi connectivity index (χ4v) is 1.39. The first kappa shape index (κ1) is 10.9. The topological polar surface area (TPSA) is 68.0 Å². The molecule has 0 fully saturated rings. The number of nitrogens with zero attached hydrogens (tertiary/aromatic N) is 2. The molecule has 2 rings (SSSR count). The zero-order valence-corrected chi connectivity index (χ0v) is 9.29. The number of aromatic nitrogens is 2. The lowest BCUT2D eigenvalue weighted by atomic mass is 10.3. The lowest BCUT2D eigenvalue weighted by Crippen LogP contribution is -2.13. The zero-order chi connectivity index (χ0) is 11.5. The van der Waals surface area contributed by atoms with Gasteiger partial charge < -0.3 is 9.73 Å². The molecule has 0 aliphatic carbocycles. The minimum atomic E-state index is -0.457. The van der Waals surface area contributed by atoms with E-state index in [9.17, 15) is 4.79 Å². The molecule has 0 bridgehead atoms. The lowest BCUT2D eigenvalue weighted by Gasteiger charge is -2.03. The average Bonchev–Trinajstić information content (AvgIpc) is 2.68. The Hall–Kier alpha value is -1.59. The molecule has 0 saturated carbocycles. The van der Waals surface area contributed by atoms with Crippen molar-refractivity contribution in [3.63, 3.8) is 0 Å². The van der Waals surface area contributed by atoms with Crippen molar-refractivity contribution in [2.75, 3.05) is 5.32 Å². The number of carbonyl (C=O) groups excluding carboxylic acids is 1. The third-order valence-electron chi connectivity index (χ3n) is 1.75. The fraction of sp³-hybridized carbons (Fsp3) is 0. The van der Waals surface area contributed by atoms with Crippen LogP contribution in [0, 0.1) is 0 Å². The van der Waals surface area contributed by atoms with Crippen molar-refractivity contribution in [1.82, 2.24) is 9.97 Å². The van der Waals surface area contributed by atoms with Gasteiger partial charge in [0.15, 0.2) is 11.0 Å². The number of halogens is 2. The van der Waals surface area contributed by atoms with E-state index in [4.69, 9.17) is 27.6 Å². The molecule has 7 heteroatoms. The monoisotopic (exact) mass is 257 g/mol. The van der Waals surface area contributed by atoms with Crippen LogP contribution in [-0.2, 0) is 0 Å². The number of amides is 1. The summed E-state index contributed by atoms with van der Waals surface area (Å²) in [5.74, 6) is -0.285. The molecule has 1 N–H and O–H groups in total. The zero-order valence-electron chi connectivity index (χ0n) is 7.78. The van der Waals surface area contributed by atoms with E-state index in [0.29, 0.717) is 0 Å². The minimum Gasteiger partial charge on any atom is -0.452 e. The molecule has 0 aliphatic heterocycles. The van der Waals surface area contributed by atoms with Gasteiger partial charge in [-0.25, -0.2) is 9.97 Å². The molecule has 0 aromatic carbocycles. The highest BCUT2D eigenvalue weighted by atomic mass is 35.5. The van der Waals surface area contributed by atoms with Crippen LogP contribution >= 0.6 is 23.2 Å². The van der Waals surface area contributed by atoms with Crippen LogP contribution in [0.25, 0.3) is 0 Å². The van der Waals surface area contributed by atoms with Crippen molar-refractivity contribution >= 4 is 34.9 Å². The van der Waals surface area contributed by atoms with Crippen molar-refractivity contribution in [3.05, 3.63) is 40.7 Å². The van der Waals surface area contributed by atoms with Crippen molar-refractivity contribution in [3.8, 4) is 0 Å². The number of carbonyl (C=O) groups is 1. The summed E-state index contributed by atoms with van der Waals surface area (Å²) in [6, 6.07) is 1.45. The Balaban J connectivity index is 2.21. The Labute approximate surface area is 100 Å². The minimum absolute atomic E-state index is 0.0116. The number of hydrogen-bond acceptors (Lipinski definition) is 4. The Kier molecular flexibility index (Phi) is 3.07. The Morgan fingerprint density at radius 3 is 2.69 bits per heavy atom. The van der Waals surface area contributed by atoms with E-state index in [1.165, 1.54) is 24.7 Å². The predicted octanol–water partition coefficient (Wildman–Crippen LogP) is 2.63. The van der Waals surface area contributed by atoms with Gasteiger partial charge in [-0.1, -0.05) is 11.6 Å². The molecule has 0 aliphatic rings. The third-order valence-corrected chi connectivity index (χ3v) is 2.32. The van der Waals surface area contributed by atoms with E-state index >= 15 is 0 Å². The van der Waals surface area contributed by atoms with Gasteiger partial charge in [-0.05, 0) is 17.7 Å². The predicted molar refractivity (Wildman–Crippen MR) is 58.7 cm³/mol. The van der Waals surface area contributed by atoms with E-state index < -0.39 is 5.91 Å². The van der Waals surface area contributed by atoms with Crippen LogP contribution in [0.5, 0.6) is 0 Å². The first-order valence-electron chi connectivity index (χ1n) is 4.19. The number of nitrogens with one attached hydrogen (secondary N) is 1. The highest BCUT2D eigenvalue weighted by Crippen LogP contribution is 2.20. The second kappa shape index (κ2) is 4.51. The standard InChI is InChI=1S/C9H5Cl2N3O2/c10-6-8(13-3-2-12-6)14-9(15)5-1-4-16-7(5)11/h1-4H,(H,13,14,15). The SMILES string of the molecule is O=C(Nc1nccnc1Cl)c1ccoc1Cl. The summed E-state index contributed by atoms with van der Waals surface area (Å²) in [7, 11) is 0. The Morgan fingerprint density at radius 1 is 1.31 bits per heavy atom. The summed E-state index contributed by atoms with van der Waals surface area (Å²) in [5.41, 5.74) is 0.211. The second-order valence-corrected chi connectivity index (χ2v) is 3.46. The number of anilines is 1. The van der Waals surface area contributed by atoms with Gasteiger partial charge in [-0.2, -0.15) is 0 Å². The van der Waals surface area contributed by atoms with Crippen LogP contribution in [0.15, 0.2) is 29.1 Å². The second-order valence-electron chi connectivity index (χ2n) is 2.76. The molecule has 2 heterocycles. The number of rotatable bonds is 2.